The lowest BCUT2D eigenvalue weighted by molar-refractivity contribution is -0.138. The van der Waals surface area contributed by atoms with E-state index in [0.29, 0.717) is 17.8 Å². The number of alkyl halides is 3. The SMILES string of the molecule is CCC/C=C\CCOc1ccc(C2=NC(C3CCCN3)ON2)cc1C(F)(F)F. The zero-order chi connectivity index (χ0) is 20.0. The molecule has 1 saturated heterocycles. The Labute approximate surface area is 163 Å². The van der Waals surface area contributed by atoms with Gasteiger partial charge in [-0.15, -0.1) is 0 Å². The summed E-state index contributed by atoms with van der Waals surface area (Å²) in [7, 11) is 0. The Balaban J connectivity index is 1.71. The van der Waals surface area contributed by atoms with Crippen molar-refractivity contribution in [2.45, 2.75) is 57.5 Å². The van der Waals surface area contributed by atoms with Gasteiger partial charge in [-0.1, -0.05) is 25.5 Å². The number of hydrogen-bond donors (Lipinski definition) is 2. The van der Waals surface area contributed by atoms with Crippen LogP contribution in [0.4, 0.5) is 13.2 Å². The maximum absolute atomic E-state index is 13.5. The van der Waals surface area contributed by atoms with E-state index < -0.39 is 18.0 Å². The largest absolute Gasteiger partial charge is 0.493 e. The van der Waals surface area contributed by atoms with Crippen molar-refractivity contribution < 1.29 is 22.7 Å². The van der Waals surface area contributed by atoms with Crippen molar-refractivity contribution in [3.05, 3.63) is 41.5 Å². The number of aliphatic imine (C=N–C) groups is 1. The molecule has 2 N–H and O–H groups in total. The number of rotatable bonds is 8. The molecule has 1 aromatic rings. The summed E-state index contributed by atoms with van der Waals surface area (Å²) in [5.74, 6) is 0.131. The third-order valence-corrected chi connectivity index (χ3v) is 4.70. The number of nitrogens with one attached hydrogen (secondary N) is 2. The molecule has 0 spiro atoms. The Morgan fingerprint density at radius 2 is 2.11 bits per heavy atom. The number of allylic oxidation sites excluding steroid dienone is 1. The molecule has 3 rings (SSSR count). The fourth-order valence-corrected chi connectivity index (χ4v) is 3.22. The number of nitrogens with zero attached hydrogens (tertiary/aromatic N) is 1. The van der Waals surface area contributed by atoms with Gasteiger partial charge in [-0.25, -0.2) is 15.3 Å². The summed E-state index contributed by atoms with van der Waals surface area (Å²) in [5, 5.41) is 3.28. The molecule has 2 aliphatic rings. The normalized spacial score (nSPS) is 22.5. The topological polar surface area (TPSA) is 54.9 Å². The monoisotopic (exact) mass is 397 g/mol. The minimum absolute atomic E-state index is 0.0791. The molecule has 2 aliphatic heterocycles. The van der Waals surface area contributed by atoms with Crippen LogP contribution in [0.2, 0.25) is 0 Å². The first-order valence-corrected chi connectivity index (χ1v) is 9.71. The number of halogens is 3. The molecule has 0 aliphatic carbocycles. The van der Waals surface area contributed by atoms with Crippen molar-refractivity contribution in [1.29, 1.82) is 0 Å². The second kappa shape index (κ2) is 9.43. The third-order valence-electron chi connectivity index (χ3n) is 4.70. The van der Waals surface area contributed by atoms with Gasteiger partial charge < -0.3 is 10.1 Å². The van der Waals surface area contributed by atoms with E-state index >= 15 is 0 Å². The summed E-state index contributed by atoms with van der Waals surface area (Å²) in [5.41, 5.74) is 2.17. The molecule has 5 nitrogen and oxygen atoms in total. The van der Waals surface area contributed by atoms with Gasteiger partial charge in [0, 0.05) is 5.56 Å². The van der Waals surface area contributed by atoms with Crippen LogP contribution in [0.5, 0.6) is 5.75 Å². The molecule has 0 aromatic heterocycles. The lowest BCUT2D eigenvalue weighted by Crippen LogP contribution is -2.35. The first-order valence-electron chi connectivity index (χ1n) is 9.71. The number of hydrogen-bond acceptors (Lipinski definition) is 5. The van der Waals surface area contributed by atoms with Crippen molar-refractivity contribution in [1.82, 2.24) is 10.8 Å². The van der Waals surface area contributed by atoms with Crippen LogP contribution in [0.1, 0.15) is 50.2 Å². The van der Waals surface area contributed by atoms with Crippen LogP contribution in [0.25, 0.3) is 0 Å². The number of unbranched alkanes of at least 4 members (excludes halogenated alkanes) is 1. The average molecular weight is 397 g/mol. The molecule has 154 valence electrons. The van der Waals surface area contributed by atoms with Crippen LogP contribution in [0.15, 0.2) is 35.3 Å². The second-order valence-corrected chi connectivity index (χ2v) is 6.90. The molecule has 28 heavy (non-hydrogen) atoms. The Kier molecular flexibility index (Phi) is 6.96. The van der Waals surface area contributed by atoms with Gasteiger partial charge in [0.15, 0.2) is 12.1 Å². The molecule has 8 heteroatoms. The summed E-state index contributed by atoms with van der Waals surface area (Å²) >= 11 is 0. The van der Waals surface area contributed by atoms with Crippen LogP contribution in [-0.4, -0.2) is 31.3 Å². The average Bonchev–Trinajstić information content (AvgIpc) is 3.35. The Bertz CT molecular complexity index is 713. The van der Waals surface area contributed by atoms with E-state index in [2.05, 4.69) is 22.7 Å². The van der Waals surface area contributed by atoms with Crippen LogP contribution >= 0.6 is 0 Å². The lowest BCUT2D eigenvalue weighted by atomic mass is 10.1. The Hall–Kier alpha value is -2.06. The highest BCUT2D eigenvalue weighted by Gasteiger charge is 2.36. The van der Waals surface area contributed by atoms with Gasteiger partial charge in [0.1, 0.15) is 5.75 Å². The number of benzene rings is 1. The molecule has 0 saturated carbocycles. The smallest absolute Gasteiger partial charge is 0.419 e. The van der Waals surface area contributed by atoms with Gasteiger partial charge in [-0.2, -0.15) is 13.2 Å². The molecule has 1 aromatic carbocycles. The predicted molar refractivity (Wildman–Crippen MR) is 101 cm³/mol. The van der Waals surface area contributed by atoms with Crippen LogP contribution in [-0.2, 0) is 11.0 Å². The van der Waals surface area contributed by atoms with Crippen molar-refractivity contribution >= 4 is 5.84 Å². The van der Waals surface area contributed by atoms with E-state index in [-0.39, 0.29) is 18.4 Å². The first-order chi connectivity index (χ1) is 13.5. The maximum Gasteiger partial charge on any atom is 0.419 e. The van der Waals surface area contributed by atoms with E-state index in [1.807, 2.05) is 12.2 Å². The number of ether oxygens (including phenoxy) is 1. The molecule has 0 radical (unpaired) electrons. The lowest BCUT2D eigenvalue weighted by Gasteiger charge is -2.15. The molecule has 2 heterocycles. The number of hydroxylamine groups is 1. The van der Waals surface area contributed by atoms with Crippen molar-refractivity contribution in [3.63, 3.8) is 0 Å². The van der Waals surface area contributed by atoms with Crippen molar-refractivity contribution in [2.24, 2.45) is 4.99 Å². The third kappa shape index (κ3) is 5.26. The van der Waals surface area contributed by atoms with Crippen LogP contribution in [0, 0.1) is 0 Å². The summed E-state index contributed by atoms with van der Waals surface area (Å²) in [4.78, 5) is 9.84. The Morgan fingerprint density at radius 1 is 1.29 bits per heavy atom. The van der Waals surface area contributed by atoms with Crippen LogP contribution in [0.3, 0.4) is 0 Å². The van der Waals surface area contributed by atoms with E-state index in [1.165, 1.54) is 6.07 Å². The minimum Gasteiger partial charge on any atom is -0.493 e. The van der Waals surface area contributed by atoms with Gasteiger partial charge in [0.2, 0.25) is 0 Å². The predicted octanol–water partition coefficient (Wildman–Crippen LogP) is 4.19. The second-order valence-electron chi connectivity index (χ2n) is 6.90. The zero-order valence-corrected chi connectivity index (χ0v) is 15.9. The van der Waals surface area contributed by atoms with Gasteiger partial charge >= 0.3 is 6.18 Å². The number of amidine groups is 1. The summed E-state index contributed by atoms with van der Waals surface area (Å²) in [6.07, 6.45) is 3.51. The van der Waals surface area contributed by atoms with Crippen LogP contribution < -0.4 is 15.5 Å². The molecule has 0 amide bonds. The van der Waals surface area contributed by atoms with Crippen molar-refractivity contribution in [3.8, 4) is 5.75 Å². The molecular weight excluding hydrogens is 371 g/mol. The highest BCUT2D eigenvalue weighted by molar-refractivity contribution is 5.99. The summed E-state index contributed by atoms with van der Waals surface area (Å²) in [6.45, 7) is 3.16. The van der Waals surface area contributed by atoms with Crippen molar-refractivity contribution in [2.75, 3.05) is 13.2 Å². The Morgan fingerprint density at radius 3 is 2.82 bits per heavy atom. The zero-order valence-electron chi connectivity index (χ0n) is 15.9. The van der Waals surface area contributed by atoms with E-state index in [0.717, 1.165) is 38.3 Å². The minimum atomic E-state index is -4.52. The summed E-state index contributed by atoms with van der Waals surface area (Å²) in [6, 6.07) is 4.05. The molecule has 2 unspecified atom stereocenters. The molecule has 1 fully saturated rings. The molecular formula is C20H26F3N3O2. The van der Waals surface area contributed by atoms with Gasteiger partial charge in [0.05, 0.1) is 18.2 Å². The standard InChI is InChI=1S/C20H26F3N3O2/c1-2-3-4-5-6-12-27-17-10-9-14(13-15(17)20(21,22)23)18-25-19(28-26-18)16-8-7-11-24-16/h4-5,9-10,13,16,19,24H,2-3,6-8,11-12H2,1H3,(H,25,26)/b5-4-. The van der Waals surface area contributed by atoms with Gasteiger partial charge in [-0.3, -0.25) is 0 Å². The van der Waals surface area contributed by atoms with E-state index in [9.17, 15) is 13.2 Å². The summed E-state index contributed by atoms with van der Waals surface area (Å²) < 4.78 is 45.9. The fraction of sp³-hybridized carbons (Fsp3) is 0.550. The van der Waals surface area contributed by atoms with Gasteiger partial charge in [-0.05, 0) is 50.4 Å². The van der Waals surface area contributed by atoms with Gasteiger partial charge in [0.25, 0.3) is 0 Å². The first kappa shape index (κ1) is 20.7. The maximum atomic E-state index is 13.5. The fourth-order valence-electron chi connectivity index (χ4n) is 3.22. The molecule has 0 bridgehead atoms. The van der Waals surface area contributed by atoms with E-state index in [1.54, 1.807) is 6.07 Å². The molecule has 2 atom stereocenters. The van der Waals surface area contributed by atoms with E-state index in [4.69, 9.17) is 9.57 Å². The highest BCUT2D eigenvalue weighted by Crippen LogP contribution is 2.37. The highest BCUT2D eigenvalue weighted by atomic mass is 19.4. The quantitative estimate of drug-likeness (QED) is 0.510.